The maximum atomic E-state index is 5.80. The minimum absolute atomic E-state index is 0. The monoisotopic (exact) mass is 367 g/mol. The highest BCUT2D eigenvalue weighted by molar-refractivity contribution is 14.0. The fraction of sp³-hybridized carbons (Fsp3) is 0.923. The molecule has 0 amide bonds. The van der Waals surface area contributed by atoms with Gasteiger partial charge >= 0.3 is 0 Å². The molecule has 0 bridgehead atoms. The van der Waals surface area contributed by atoms with Crippen molar-refractivity contribution in [1.29, 1.82) is 0 Å². The second kappa shape index (κ2) is 5.53. The van der Waals surface area contributed by atoms with E-state index in [1.807, 2.05) is 28.2 Å². The van der Waals surface area contributed by atoms with Crippen molar-refractivity contribution in [2.24, 2.45) is 16.3 Å². The summed E-state index contributed by atoms with van der Waals surface area (Å²) >= 11 is 0. The third kappa shape index (κ3) is 2.48. The maximum absolute atomic E-state index is 5.80. The summed E-state index contributed by atoms with van der Waals surface area (Å²) in [4.78, 5) is 9.13. The Hall–Kier alpha value is -0.0400. The van der Waals surface area contributed by atoms with Crippen LogP contribution in [0.5, 0.6) is 0 Å². The predicted molar refractivity (Wildman–Crippen MR) is 85.6 cm³/mol. The zero-order chi connectivity index (χ0) is 12.8. The normalized spacial score (nSPS) is 31.8. The summed E-state index contributed by atoms with van der Waals surface area (Å²) in [6.07, 6.45) is 1.58. The van der Waals surface area contributed by atoms with Crippen molar-refractivity contribution < 1.29 is 4.74 Å². The number of aliphatic imine (C=N–C) groups is 1. The van der Waals surface area contributed by atoms with E-state index >= 15 is 0 Å². The second-order valence-electron chi connectivity index (χ2n) is 6.23. The van der Waals surface area contributed by atoms with Crippen LogP contribution in [0, 0.1) is 11.3 Å². The van der Waals surface area contributed by atoms with Crippen LogP contribution in [0.3, 0.4) is 0 Å². The molecule has 1 aliphatic carbocycles. The third-order valence-corrected chi connectivity index (χ3v) is 4.09. The molecule has 3 atom stereocenters. The van der Waals surface area contributed by atoms with Crippen LogP contribution < -0.4 is 0 Å². The minimum atomic E-state index is 0. The van der Waals surface area contributed by atoms with E-state index in [1.54, 1.807) is 0 Å². The molecule has 18 heavy (non-hydrogen) atoms. The molecule has 2 aliphatic rings. The lowest BCUT2D eigenvalue weighted by Crippen LogP contribution is -2.59. The van der Waals surface area contributed by atoms with E-state index in [-0.39, 0.29) is 29.4 Å². The fourth-order valence-corrected chi connectivity index (χ4v) is 3.31. The van der Waals surface area contributed by atoms with E-state index in [0.717, 1.165) is 19.0 Å². The van der Waals surface area contributed by atoms with Crippen molar-refractivity contribution in [2.45, 2.75) is 32.4 Å². The Morgan fingerprint density at radius 3 is 2.22 bits per heavy atom. The van der Waals surface area contributed by atoms with E-state index in [0.29, 0.717) is 18.1 Å². The Morgan fingerprint density at radius 1 is 1.17 bits per heavy atom. The lowest BCUT2D eigenvalue weighted by molar-refractivity contribution is -0.0990. The molecule has 1 saturated heterocycles. The van der Waals surface area contributed by atoms with Crippen molar-refractivity contribution in [3.8, 4) is 0 Å². The van der Waals surface area contributed by atoms with Crippen LogP contribution >= 0.6 is 24.0 Å². The van der Waals surface area contributed by atoms with Gasteiger partial charge in [-0.2, -0.15) is 0 Å². The number of hydrogen-bond acceptors (Lipinski definition) is 2. The van der Waals surface area contributed by atoms with Gasteiger partial charge in [0.15, 0.2) is 5.96 Å². The zero-order valence-electron chi connectivity index (χ0n) is 12.3. The van der Waals surface area contributed by atoms with Gasteiger partial charge in [-0.15, -0.1) is 24.0 Å². The minimum Gasteiger partial charge on any atom is -0.377 e. The summed E-state index contributed by atoms with van der Waals surface area (Å²) in [5.74, 6) is 1.67. The Bertz CT molecular complexity index is 318. The topological polar surface area (TPSA) is 28.1 Å². The molecule has 4 nitrogen and oxygen atoms in total. The number of guanidine groups is 1. The van der Waals surface area contributed by atoms with Gasteiger partial charge in [0, 0.05) is 46.1 Å². The number of nitrogens with zero attached hydrogens (tertiary/aromatic N) is 3. The predicted octanol–water partition coefficient (Wildman–Crippen LogP) is 1.90. The summed E-state index contributed by atoms with van der Waals surface area (Å²) in [6, 6.07) is 0.398. The standard InChI is InChI=1S/C13H25N3O.HI/c1-13(2)10(9-7-8-17-11(9)13)14-12(15(3)4)16(5)6;/h9-11H,7-8H2,1-6H3;1H. The first-order valence-electron chi connectivity index (χ1n) is 6.39. The first-order chi connectivity index (χ1) is 7.85. The van der Waals surface area contributed by atoms with Crippen LogP contribution in [0.2, 0.25) is 0 Å². The summed E-state index contributed by atoms with van der Waals surface area (Å²) in [5, 5.41) is 0. The van der Waals surface area contributed by atoms with Gasteiger partial charge < -0.3 is 14.5 Å². The highest BCUT2D eigenvalue weighted by Crippen LogP contribution is 2.53. The molecule has 0 radical (unpaired) electrons. The second-order valence-corrected chi connectivity index (χ2v) is 6.23. The highest BCUT2D eigenvalue weighted by atomic mass is 127. The Balaban J connectivity index is 0.00000162. The van der Waals surface area contributed by atoms with Gasteiger partial charge in [0.2, 0.25) is 0 Å². The first kappa shape index (κ1) is 16.0. The van der Waals surface area contributed by atoms with E-state index < -0.39 is 0 Å². The average molecular weight is 367 g/mol. The average Bonchev–Trinajstić information content (AvgIpc) is 2.63. The molecule has 1 aliphatic heterocycles. The Labute approximate surface area is 128 Å². The van der Waals surface area contributed by atoms with Crippen LogP contribution in [-0.2, 0) is 4.74 Å². The molecule has 0 spiro atoms. The molecule has 1 heterocycles. The number of ether oxygens (including phenoxy) is 1. The van der Waals surface area contributed by atoms with Crippen LogP contribution in [0.25, 0.3) is 0 Å². The fourth-order valence-electron chi connectivity index (χ4n) is 3.31. The molecule has 2 rings (SSSR count). The SMILES string of the molecule is CN(C)C(=NC1C2CCOC2C1(C)C)N(C)C.I. The van der Waals surface area contributed by atoms with Crippen LogP contribution in [0.1, 0.15) is 20.3 Å². The third-order valence-electron chi connectivity index (χ3n) is 4.09. The van der Waals surface area contributed by atoms with Gasteiger partial charge in [-0.1, -0.05) is 13.8 Å². The molecule has 3 unspecified atom stereocenters. The highest BCUT2D eigenvalue weighted by Gasteiger charge is 2.59. The van der Waals surface area contributed by atoms with Gasteiger partial charge in [0.1, 0.15) is 0 Å². The van der Waals surface area contributed by atoms with Crippen molar-refractivity contribution in [3.63, 3.8) is 0 Å². The van der Waals surface area contributed by atoms with E-state index in [4.69, 9.17) is 9.73 Å². The van der Waals surface area contributed by atoms with Crippen molar-refractivity contribution in [3.05, 3.63) is 0 Å². The smallest absolute Gasteiger partial charge is 0.195 e. The quantitative estimate of drug-likeness (QED) is 0.403. The van der Waals surface area contributed by atoms with Gasteiger partial charge in [-0.25, -0.2) is 4.99 Å². The molecule has 5 heteroatoms. The van der Waals surface area contributed by atoms with Crippen molar-refractivity contribution >= 4 is 29.9 Å². The van der Waals surface area contributed by atoms with Crippen LogP contribution in [0.4, 0.5) is 0 Å². The number of halogens is 1. The van der Waals surface area contributed by atoms with Crippen LogP contribution in [-0.4, -0.2) is 62.7 Å². The summed E-state index contributed by atoms with van der Waals surface area (Å²) in [5.41, 5.74) is 0.179. The zero-order valence-corrected chi connectivity index (χ0v) is 14.6. The molecule has 106 valence electrons. The number of fused-ring (bicyclic) bond motifs is 1. The number of rotatable bonds is 1. The Kier molecular flexibility index (Phi) is 4.92. The van der Waals surface area contributed by atoms with E-state index in [9.17, 15) is 0 Å². The molecule has 0 N–H and O–H groups in total. The number of hydrogen-bond donors (Lipinski definition) is 0. The summed E-state index contributed by atoms with van der Waals surface area (Å²) in [7, 11) is 8.19. The lowest BCUT2D eigenvalue weighted by Gasteiger charge is -2.52. The van der Waals surface area contributed by atoms with Gasteiger partial charge in [-0.05, 0) is 6.42 Å². The molecule has 0 aromatic rings. The van der Waals surface area contributed by atoms with Crippen molar-refractivity contribution in [1.82, 2.24) is 9.80 Å². The molecular formula is C13H26IN3O. The Morgan fingerprint density at radius 2 is 1.72 bits per heavy atom. The maximum Gasteiger partial charge on any atom is 0.195 e. The van der Waals surface area contributed by atoms with E-state index in [1.165, 1.54) is 0 Å². The van der Waals surface area contributed by atoms with Crippen molar-refractivity contribution in [2.75, 3.05) is 34.8 Å². The molecule has 0 aromatic heterocycles. The molecule has 2 fully saturated rings. The summed E-state index contributed by atoms with van der Waals surface area (Å²) < 4.78 is 5.80. The van der Waals surface area contributed by atoms with E-state index in [2.05, 4.69) is 23.6 Å². The van der Waals surface area contributed by atoms with Crippen LogP contribution in [0.15, 0.2) is 4.99 Å². The lowest BCUT2D eigenvalue weighted by atomic mass is 9.57. The van der Waals surface area contributed by atoms with Gasteiger partial charge in [0.05, 0.1) is 12.1 Å². The molecule has 0 aromatic carbocycles. The van der Waals surface area contributed by atoms with Gasteiger partial charge in [0.25, 0.3) is 0 Å². The largest absolute Gasteiger partial charge is 0.377 e. The molecular weight excluding hydrogens is 341 g/mol. The first-order valence-corrected chi connectivity index (χ1v) is 6.39. The summed E-state index contributed by atoms with van der Waals surface area (Å²) in [6.45, 7) is 5.46. The molecule has 1 saturated carbocycles. The van der Waals surface area contributed by atoms with Gasteiger partial charge in [-0.3, -0.25) is 0 Å².